The Morgan fingerprint density at radius 2 is 1.83 bits per heavy atom. The zero-order valence-electron chi connectivity index (χ0n) is 18.1. The number of carbonyl (C=O) groups is 2. The predicted molar refractivity (Wildman–Crippen MR) is 111 cm³/mol. The Morgan fingerprint density at radius 3 is 2.50 bits per heavy atom. The molecule has 2 amide bonds. The lowest BCUT2D eigenvalue weighted by Gasteiger charge is -2.48. The summed E-state index contributed by atoms with van der Waals surface area (Å²) in [6, 6.07) is 9.56. The second kappa shape index (κ2) is 8.10. The number of amides is 2. The first-order valence-corrected chi connectivity index (χ1v) is 10.9. The van der Waals surface area contributed by atoms with Gasteiger partial charge in [-0.1, -0.05) is 30.3 Å². The Hall–Kier alpha value is -2.28. The Kier molecular flexibility index (Phi) is 5.66. The average Bonchev–Trinajstić information content (AvgIpc) is 3.49. The van der Waals surface area contributed by atoms with Crippen LogP contribution < -0.4 is 0 Å². The molecule has 30 heavy (non-hydrogen) atoms. The number of likely N-dealkylation sites (tertiary alicyclic amines) is 1. The Bertz CT molecular complexity index is 774. The van der Waals surface area contributed by atoms with Gasteiger partial charge in [-0.05, 0) is 52.0 Å². The monoisotopic (exact) mass is 416 g/mol. The van der Waals surface area contributed by atoms with E-state index in [1.54, 1.807) is 4.90 Å². The van der Waals surface area contributed by atoms with Crippen LogP contribution in [0.25, 0.3) is 0 Å². The normalized spacial score (nSPS) is 25.9. The minimum atomic E-state index is -0.569. The molecule has 2 saturated heterocycles. The van der Waals surface area contributed by atoms with Crippen molar-refractivity contribution in [1.82, 2.24) is 9.80 Å². The van der Waals surface area contributed by atoms with E-state index >= 15 is 0 Å². The van der Waals surface area contributed by atoms with Crippen molar-refractivity contribution in [2.24, 2.45) is 0 Å². The summed E-state index contributed by atoms with van der Waals surface area (Å²) in [7, 11) is 0. The fourth-order valence-corrected chi connectivity index (χ4v) is 4.37. The molecule has 7 nitrogen and oxygen atoms in total. The highest BCUT2D eigenvalue weighted by molar-refractivity contribution is 5.73. The van der Waals surface area contributed by atoms with Crippen molar-refractivity contribution in [3.05, 3.63) is 35.9 Å². The maximum Gasteiger partial charge on any atom is 0.411 e. The van der Waals surface area contributed by atoms with Crippen molar-refractivity contribution in [3.8, 4) is 0 Å². The van der Waals surface area contributed by atoms with Gasteiger partial charge >= 0.3 is 12.2 Å². The highest BCUT2D eigenvalue weighted by atomic mass is 16.6. The quantitative estimate of drug-likeness (QED) is 0.727. The first-order valence-electron chi connectivity index (χ1n) is 10.9. The van der Waals surface area contributed by atoms with Gasteiger partial charge < -0.3 is 19.1 Å². The number of nitrogens with zero attached hydrogens (tertiary/aromatic N) is 2. The summed E-state index contributed by atoms with van der Waals surface area (Å²) in [5, 5.41) is 0. The highest BCUT2D eigenvalue weighted by Gasteiger charge is 2.56. The molecule has 1 aromatic rings. The molecular formula is C23H32N2O5. The van der Waals surface area contributed by atoms with E-state index < -0.39 is 11.1 Å². The molecule has 0 aromatic heterocycles. The van der Waals surface area contributed by atoms with Gasteiger partial charge in [-0.2, -0.15) is 0 Å². The van der Waals surface area contributed by atoms with E-state index in [0.29, 0.717) is 19.7 Å². The molecule has 2 aliphatic heterocycles. The Morgan fingerprint density at radius 1 is 1.10 bits per heavy atom. The lowest BCUT2D eigenvalue weighted by atomic mass is 9.96. The van der Waals surface area contributed by atoms with Gasteiger partial charge in [0, 0.05) is 13.1 Å². The molecule has 2 bridgehead atoms. The molecule has 0 spiro atoms. The molecule has 0 N–H and O–H groups in total. The van der Waals surface area contributed by atoms with Gasteiger partial charge in [0.2, 0.25) is 0 Å². The zero-order valence-corrected chi connectivity index (χ0v) is 18.1. The van der Waals surface area contributed by atoms with E-state index in [0.717, 1.165) is 31.2 Å². The van der Waals surface area contributed by atoms with Crippen molar-refractivity contribution in [1.29, 1.82) is 0 Å². The number of piperazine rings is 1. The maximum atomic E-state index is 13.0. The maximum absolute atomic E-state index is 13.0. The lowest BCUT2D eigenvalue weighted by Crippen LogP contribution is -2.66. The Labute approximate surface area is 178 Å². The van der Waals surface area contributed by atoms with Crippen LogP contribution in [0.5, 0.6) is 0 Å². The van der Waals surface area contributed by atoms with Crippen molar-refractivity contribution in [2.45, 2.75) is 76.3 Å². The summed E-state index contributed by atoms with van der Waals surface area (Å²) in [4.78, 5) is 29.4. The van der Waals surface area contributed by atoms with Gasteiger partial charge in [0.05, 0.1) is 24.3 Å². The van der Waals surface area contributed by atoms with Gasteiger partial charge in [-0.3, -0.25) is 4.90 Å². The molecule has 7 heteroatoms. The molecule has 1 aliphatic carbocycles. The van der Waals surface area contributed by atoms with E-state index in [-0.39, 0.29) is 30.9 Å². The average molecular weight is 417 g/mol. The molecule has 0 radical (unpaired) electrons. The van der Waals surface area contributed by atoms with Crippen molar-refractivity contribution in [3.63, 3.8) is 0 Å². The minimum Gasteiger partial charge on any atom is -0.445 e. The number of ether oxygens (including phenoxy) is 3. The van der Waals surface area contributed by atoms with E-state index in [4.69, 9.17) is 14.2 Å². The van der Waals surface area contributed by atoms with Gasteiger partial charge in [0.15, 0.2) is 0 Å². The van der Waals surface area contributed by atoms with Crippen LogP contribution in [0.1, 0.15) is 52.0 Å². The molecule has 4 rings (SSSR count). The summed E-state index contributed by atoms with van der Waals surface area (Å²) >= 11 is 0. The number of benzene rings is 1. The molecule has 2 heterocycles. The minimum absolute atomic E-state index is 0.0827. The summed E-state index contributed by atoms with van der Waals surface area (Å²) < 4.78 is 17.3. The van der Waals surface area contributed by atoms with Crippen molar-refractivity contribution < 1.29 is 23.8 Å². The Balaban J connectivity index is 1.46. The smallest absolute Gasteiger partial charge is 0.411 e. The predicted octanol–water partition coefficient (Wildman–Crippen LogP) is 3.96. The topological polar surface area (TPSA) is 68.3 Å². The van der Waals surface area contributed by atoms with E-state index in [2.05, 4.69) is 0 Å². The first-order chi connectivity index (χ1) is 14.3. The number of hydrogen-bond donors (Lipinski definition) is 0. The van der Waals surface area contributed by atoms with Crippen LogP contribution in [0.15, 0.2) is 30.3 Å². The second-order valence-electron chi connectivity index (χ2n) is 9.70. The molecule has 3 fully saturated rings. The standard InChI is InChI=1S/C23H32N2O5/c1-22(2,3)30-21(27)25-18-11-12-23(25,16-29-19-9-10-19)15-24(13-18)20(26)28-14-17-7-5-4-6-8-17/h4-8,18-19H,9-16H2,1-3H3. The van der Waals surface area contributed by atoms with Crippen LogP contribution in [0.4, 0.5) is 9.59 Å². The first kappa shape index (κ1) is 21.0. The number of hydrogen-bond acceptors (Lipinski definition) is 5. The van der Waals surface area contributed by atoms with Crippen LogP contribution in [0, 0.1) is 0 Å². The van der Waals surface area contributed by atoms with Gasteiger partial charge in [-0.25, -0.2) is 9.59 Å². The van der Waals surface area contributed by atoms with Crippen molar-refractivity contribution in [2.75, 3.05) is 19.7 Å². The fourth-order valence-electron chi connectivity index (χ4n) is 4.37. The van der Waals surface area contributed by atoms with Crippen LogP contribution in [0.3, 0.4) is 0 Å². The van der Waals surface area contributed by atoms with Crippen molar-refractivity contribution >= 4 is 12.2 Å². The molecule has 164 valence electrons. The lowest BCUT2D eigenvalue weighted by molar-refractivity contribution is -0.0638. The van der Waals surface area contributed by atoms with Gasteiger partial charge in [0.25, 0.3) is 0 Å². The van der Waals surface area contributed by atoms with Crippen LogP contribution in [-0.2, 0) is 20.8 Å². The molecule has 1 saturated carbocycles. The van der Waals surface area contributed by atoms with E-state index in [9.17, 15) is 9.59 Å². The SMILES string of the molecule is CC(C)(C)OC(=O)N1C2CCC1(COC1CC1)CN(C(=O)OCc1ccccc1)C2. The molecule has 2 unspecified atom stereocenters. The van der Waals surface area contributed by atoms with E-state index in [1.807, 2.05) is 56.0 Å². The molecular weight excluding hydrogens is 384 g/mol. The zero-order chi connectivity index (χ0) is 21.4. The van der Waals surface area contributed by atoms with Crippen LogP contribution in [-0.4, -0.2) is 65.0 Å². The number of carbonyl (C=O) groups excluding carboxylic acids is 2. The summed E-state index contributed by atoms with van der Waals surface area (Å²) in [5.41, 5.74) is -0.173. The third-order valence-electron chi connectivity index (χ3n) is 5.90. The summed E-state index contributed by atoms with van der Waals surface area (Å²) in [6.07, 6.45) is 3.37. The third-order valence-corrected chi connectivity index (χ3v) is 5.90. The van der Waals surface area contributed by atoms with Gasteiger partial charge in [-0.15, -0.1) is 0 Å². The molecule has 2 atom stereocenters. The highest BCUT2D eigenvalue weighted by Crippen LogP contribution is 2.41. The van der Waals surface area contributed by atoms with Crippen LogP contribution >= 0.6 is 0 Å². The molecule has 1 aromatic carbocycles. The summed E-state index contributed by atoms with van der Waals surface area (Å²) in [5.74, 6) is 0. The number of rotatable bonds is 5. The van der Waals surface area contributed by atoms with E-state index in [1.165, 1.54) is 0 Å². The van der Waals surface area contributed by atoms with Gasteiger partial charge in [0.1, 0.15) is 12.2 Å². The number of fused-ring (bicyclic) bond motifs is 2. The fraction of sp³-hybridized carbons (Fsp3) is 0.652. The second-order valence-corrected chi connectivity index (χ2v) is 9.70. The summed E-state index contributed by atoms with van der Waals surface area (Å²) in [6.45, 7) is 7.14. The third kappa shape index (κ3) is 4.72. The molecule has 3 aliphatic rings. The van der Waals surface area contributed by atoms with Crippen LogP contribution in [0.2, 0.25) is 0 Å². The largest absolute Gasteiger partial charge is 0.445 e.